The van der Waals surface area contributed by atoms with Crippen molar-refractivity contribution in [2.45, 2.75) is 39.3 Å². The molecule has 1 atom stereocenters. The molecule has 4 heteroatoms. The number of aromatic nitrogens is 2. The fourth-order valence-corrected chi connectivity index (χ4v) is 1.84. The average molecular weight is 269 g/mol. The van der Waals surface area contributed by atoms with Crippen LogP contribution in [0.3, 0.4) is 0 Å². The lowest BCUT2D eigenvalue weighted by atomic mass is 10.2. The quantitative estimate of drug-likeness (QED) is 0.806. The van der Waals surface area contributed by atoms with Gasteiger partial charge in [-0.1, -0.05) is 19.1 Å². The van der Waals surface area contributed by atoms with Gasteiger partial charge in [0.05, 0.1) is 18.2 Å². The van der Waals surface area contributed by atoms with Crippen molar-refractivity contribution in [3.63, 3.8) is 0 Å². The van der Waals surface area contributed by atoms with Crippen LogP contribution in [0, 0.1) is 11.3 Å². The molecule has 4 nitrogen and oxygen atoms in total. The Morgan fingerprint density at radius 3 is 2.70 bits per heavy atom. The van der Waals surface area contributed by atoms with Crippen LogP contribution < -0.4 is 4.74 Å². The number of nitriles is 1. The van der Waals surface area contributed by atoms with Gasteiger partial charge in [0.1, 0.15) is 12.4 Å². The van der Waals surface area contributed by atoms with Crippen LogP contribution in [0.5, 0.6) is 5.75 Å². The van der Waals surface area contributed by atoms with Gasteiger partial charge in [-0.3, -0.25) is 4.68 Å². The zero-order chi connectivity index (χ0) is 14.4. The third-order valence-electron chi connectivity index (χ3n) is 3.30. The van der Waals surface area contributed by atoms with Crippen LogP contribution in [0.25, 0.3) is 0 Å². The predicted octanol–water partition coefficient (Wildman–Crippen LogP) is 3.50. The third kappa shape index (κ3) is 3.61. The Bertz CT molecular complexity index is 581. The first-order valence-electron chi connectivity index (χ1n) is 6.85. The molecule has 0 N–H and O–H groups in total. The Kier molecular flexibility index (Phi) is 4.78. The second-order valence-electron chi connectivity index (χ2n) is 4.81. The van der Waals surface area contributed by atoms with Gasteiger partial charge >= 0.3 is 0 Å². The van der Waals surface area contributed by atoms with Gasteiger partial charge < -0.3 is 4.74 Å². The molecule has 2 rings (SSSR count). The maximum Gasteiger partial charge on any atom is 0.132 e. The molecule has 0 aliphatic rings. The van der Waals surface area contributed by atoms with E-state index < -0.39 is 0 Å². The molecule has 0 bridgehead atoms. The second-order valence-corrected chi connectivity index (χ2v) is 4.81. The van der Waals surface area contributed by atoms with Gasteiger partial charge in [-0.25, -0.2) is 0 Å². The molecule has 0 aliphatic heterocycles. The highest BCUT2D eigenvalue weighted by Gasteiger charge is 2.05. The predicted molar refractivity (Wildman–Crippen MR) is 77.3 cm³/mol. The zero-order valence-corrected chi connectivity index (χ0v) is 11.9. The maximum absolute atomic E-state index is 8.62. The fraction of sp³-hybridized carbons (Fsp3) is 0.375. The lowest BCUT2D eigenvalue weighted by Gasteiger charge is -2.08. The Labute approximate surface area is 119 Å². The molecule has 0 fully saturated rings. The van der Waals surface area contributed by atoms with E-state index in [4.69, 9.17) is 10.00 Å². The van der Waals surface area contributed by atoms with Crippen LogP contribution in [-0.2, 0) is 13.0 Å². The Hall–Kier alpha value is -2.28. The Morgan fingerprint density at radius 2 is 2.05 bits per heavy atom. The van der Waals surface area contributed by atoms with Gasteiger partial charge in [0.15, 0.2) is 0 Å². The third-order valence-corrected chi connectivity index (χ3v) is 3.30. The highest BCUT2D eigenvalue weighted by molar-refractivity contribution is 5.28. The number of nitrogens with zero attached hydrogens (tertiary/aromatic N) is 3. The highest BCUT2D eigenvalue weighted by Crippen LogP contribution is 2.15. The zero-order valence-electron chi connectivity index (χ0n) is 11.9. The standard InChI is InChI=1S/C16H19N3O/c1-3-13(2)19-11-9-15(18-19)12-20-16-6-4-14(5-7-16)8-10-17/h4-7,9,11,13H,3,8,12H2,1-2H3. The summed E-state index contributed by atoms with van der Waals surface area (Å²) in [6, 6.07) is 12.1. The molecule has 1 aromatic heterocycles. The number of hydrogen-bond acceptors (Lipinski definition) is 3. The number of ether oxygens (including phenoxy) is 1. The lowest BCUT2D eigenvalue weighted by Crippen LogP contribution is -2.05. The maximum atomic E-state index is 8.62. The summed E-state index contributed by atoms with van der Waals surface area (Å²) in [7, 11) is 0. The summed E-state index contributed by atoms with van der Waals surface area (Å²) in [5.74, 6) is 0.796. The van der Waals surface area contributed by atoms with Crippen LogP contribution >= 0.6 is 0 Å². The Morgan fingerprint density at radius 1 is 1.30 bits per heavy atom. The van der Waals surface area contributed by atoms with Crippen LogP contribution in [0.2, 0.25) is 0 Å². The molecule has 0 amide bonds. The van der Waals surface area contributed by atoms with Gasteiger partial charge in [-0.15, -0.1) is 0 Å². The number of hydrogen-bond donors (Lipinski definition) is 0. The van der Waals surface area contributed by atoms with E-state index in [0.717, 1.165) is 23.4 Å². The van der Waals surface area contributed by atoms with Crippen LogP contribution in [0.15, 0.2) is 36.5 Å². The van der Waals surface area contributed by atoms with E-state index in [2.05, 4.69) is 25.0 Å². The molecule has 104 valence electrons. The lowest BCUT2D eigenvalue weighted by molar-refractivity contribution is 0.298. The van der Waals surface area contributed by atoms with Crippen LogP contribution in [0.1, 0.15) is 37.6 Å². The molecule has 0 saturated heterocycles. The monoisotopic (exact) mass is 269 g/mol. The van der Waals surface area contributed by atoms with E-state index in [1.807, 2.05) is 41.2 Å². The number of benzene rings is 1. The van der Waals surface area contributed by atoms with E-state index >= 15 is 0 Å². The summed E-state index contributed by atoms with van der Waals surface area (Å²) in [4.78, 5) is 0. The molecule has 1 unspecified atom stereocenters. The largest absolute Gasteiger partial charge is 0.487 e. The number of rotatable bonds is 6. The van der Waals surface area contributed by atoms with Crippen molar-refractivity contribution in [3.8, 4) is 11.8 Å². The highest BCUT2D eigenvalue weighted by atomic mass is 16.5. The molecule has 0 radical (unpaired) electrons. The summed E-state index contributed by atoms with van der Waals surface area (Å²) in [5, 5.41) is 13.1. The molecule has 1 heterocycles. The summed E-state index contributed by atoms with van der Waals surface area (Å²) in [6.07, 6.45) is 3.48. The summed E-state index contributed by atoms with van der Waals surface area (Å²) < 4.78 is 7.66. The Balaban J connectivity index is 1.91. The molecule has 0 aliphatic carbocycles. The minimum atomic E-state index is 0.411. The molecular formula is C16H19N3O. The van der Waals surface area contributed by atoms with E-state index in [0.29, 0.717) is 19.1 Å². The minimum Gasteiger partial charge on any atom is -0.487 e. The average Bonchev–Trinajstić information content (AvgIpc) is 2.95. The molecule has 2 aromatic rings. The molecule has 1 aromatic carbocycles. The van der Waals surface area contributed by atoms with Crippen molar-refractivity contribution in [2.75, 3.05) is 0 Å². The molecule has 0 saturated carbocycles. The van der Waals surface area contributed by atoms with Crippen molar-refractivity contribution in [1.29, 1.82) is 5.26 Å². The topological polar surface area (TPSA) is 50.8 Å². The first-order chi connectivity index (χ1) is 9.72. The van der Waals surface area contributed by atoms with Crippen molar-refractivity contribution in [1.82, 2.24) is 9.78 Å². The summed E-state index contributed by atoms with van der Waals surface area (Å²) >= 11 is 0. The molecule has 0 spiro atoms. The molecular weight excluding hydrogens is 250 g/mol. The minimum absolute atomic E-state index is 0.411. The first-order valence-corrected chi connectivity index (χ1v) is 6.85. The summed E-state index contributed by atoms with van der Waals surface area (Å²) in [6.45, 7) is 4.75. The van der Waals surface area contributed by atoms with Crippen molar-refractivity contribution in [3.05, 3.63) is 47.8 Å². The normalized spacial score (nSPS) is 11.8. The van der Waals surface area contributed by atoms with Crippen molar-refractivity contribution < 1.29 is 4.74 Å². The van der Waals surface area contributed by atoms with Gasteiger partial charge in [-0.05, 0) is 37.1 Å². The second kappa shape index (κ2) is 6.76. The first kappa shape index (κ1) is 14.1. The van der Waals surface area contributed by atoms with E-state index in [9.17, 15) is 0 Å². The smallest absolute Gasteiger partial charge is 0.132 e. The van der Waals surface area contributed by atoms with Crippen LogP contribution in [0.4, 0.5) is 0 Å². The van der Waals surface area contributed by atoms with Gasteiger partial charge in [-0.2, -0.15) is 10.4 Å². The van der Waals surface area contributed by atoms with Gasteiger partial charge in [0, 0.05) is 12.2 Å². The SMILES string of the molecule is CCC(C)n1ccc(COc2ccc(CC#N)cc2)n1. The molecule has 20 heavy (non-hydrogen) atoms. The van der Waals surface area contributed by atoms with E-state index in [-0.39, 0.29) is 0 Å². The van der Waals surface area contributed by atoms with E-state index in [1.54, 1.807) is 0 Å². The summed E-state index contributed by atoms with van der Waals surface area (Å²) in [5.41, 5.74) is 1.92. The van der Waals surface area contributed by atoms with Gasteiger partial charge in [0.2, 0.25) is 0 Å². The van der Waals surface area contributed by atoms with Crippen molar-refractivity contribution in [2.24, 2.45) is 0 Å². The van der Waals surface area contributed by atoms with E-state index in [1.165, 1.54) is 0 Å². The fourth-order valence-electron chi connectivity index (χ4n) is 1.84. The van der Waals surface area contributed by atoms with Crippen LogP contribution in [-0.4, -0.2) is 9.78 Å². The van der Waals surface area contributed by atoms with Gasteiger partial charge in [0.25, 0.3) is 0 Å². The van der Waals surface area contributed by atoms with Crippen molar-refractivity contribution >= 4 is 0 Å².